The van der Waals surface area contributed by atoms with Gasteiger partial charge in [0.1, 0.15) is 17.2 Å². The fraction of sp³-hybridized carbons (Fsp3) is 0.556. The molecule has 3 N–H and O–H groups in total. The van der Waals surface area contributed by atoms with Gasteiger partial charge in [-0.15, -0.1) is 11.3 Å². The molecule has 39 heavy (non-hydrogen) atoms. The van der Waals surface area contributed by atoms with E-state index in [-0.39, 0.29) is 24.5 Å². The molecular formula is C27H38N8O3S. The maximum atomic E-state index is 12.4. The summed E-state index contributed by atoms with van der Waals surface area (Å²) in [4.78, 5) is 24.6. The molecule has 11 nitrogen and oxygen atoms in total. The van der Waals surface area contributed by atoms with Crippen molar-refractivity contribution in [2.24, 2.45) is 5.92 Å². The van der Waals surface area contributed by atoms with E-state index >= 15 is 0 Å². The number of amides is 1. The van der Waals surface area contributed by atoms with Crippen LogP contribution in [0.15, 0.2) is 23.8 Å². The van der Waals surface area contributed by atoms with E-state index in [4.69, 9.17) is 14.7 Å². The minimum absolute atomic E-state index is 0.0191. The van der Waals surface area contributed by atoms with Gasteiger partial charge in [-0.2, -0.15) is 9.61 Å². The lowest BCUT2D eigenvalue weighted by Gasteiger charge is -2.36. The van der Waals surface area contributed by atoms with Crippen LogP contribution in [0.25, 0.3) is 10.6 Å². The third kappa shape index (κ3) is 5.96. The predicted molar refractivity (Wildman–Crippen MR) is 153 cm³/mol. The molecule has 1 amide bonds. The number of aryl methyl sites for hydroxylation is 1. The summed E-state index contributed by atoms with van der Waals surface area (Å²) in [6.45, 7) is 13.7. The second kappa shape index (κ2) is 10.6. The largest absolute Gasteiger partial charge is 0.444 e. The number of carbonyl (C=O) groups is 1. The smallest absolute Gasteiger partial charge is 0.410 e. The van der Waals surface area contributed by atoms with E-state index in [0.29, 0.717) is 31.9 Å². The molecule has 0 radical (unpaired) electrons. The van der Waals surface area contributed by atoms with Crippen molar-refractivity contribution in [3.63, 3.8) is 0 Å². The SMILES string of the molecule is Cc1csc2nc(CNc3cc(NC[C@H]4CCN(C(=O)OC(C)(C)C)C[C@@H]4O)nc4c(C(C)C)cnn34)cn12. The Labute approximate surface area is 232 Å². The molecule has 0 spiro atoms. The van der Waals surface area contributed by atoms with Gasteiger partial charge in [-0.3, -0.25) is 4.40 Å². The van der Waals surface area contributed by atoms with Gasteiger partial charge in [0.25, 0.3) is 0 Å². The first-order chi connectivity index (χ1) is 18.5. The molecule has 1 fully saturated rings. The molecule has 1 saturated heterocycles. The molecule has 0 unspecified atom stereocenters. The highest BCUT2D eigenvalue weighted by molar-refractivity contribution is 7.15. The molecule has 1 aliphatic rings. The van der Waals surface area contributed by atoms with Crippen LogP contribution >= 0.6 is 11.3 Å². The molecule has 0 aromatic carbocycles. The van der Waals surface area contributed by atoms with Crippen molar-refractivity contribution < 1.29 is 14.6 Å². The van der Waals surface area contributed by atoms with E-state index in [1.165, 1.54) is 5.69 Å². The number of ether oxygens (including phenoxy) is 1. The van der Waals surface area contributed by atoms with Crippen LogP contribution in [0.5, 0.6) is 0 Å². The minimum atomic E-state index is -0.653. The molecule has 4 aromatic rings. The number of hydrogen-bond acceptors (Lipinski definition) is 9. The molecule has 0 aliphatic carbocycles. The number of rotatable bonds is 7. The second-order valence-electron chi connectivity index (χ2n) is 11.6. The van der Waals surface area contributed by atoms with Gasteiger partial charge < -0.3 is 25.4 Å². The number of aromatic nitrogens is 5. The third-order valence-corrected chi connectivity index (χ3v) is 7.89. The number of fused-ring (bicyclic) bond motifs is 2. The first kappa shape index (κ1) is 27.2. The molecule has 12 heteroatoms. The normalized spacial score (nSPS) is 18.3. The highest BCUT2D eigenvalue weighted by Gasteiger charge is 2.32. The van der Waals surface area contributed by atoms with Crippen molar-refractivity contribution >= 4 is 39.7 Å². The zero-order valence-electron chi connectivity index (χ0n) is 23.4. The number of piperidine rings is 1. The summed E-state index contributed by atoms with van der Waals surface area (Å²) in [5.41, 5.74) is 3.40. The van der Waals surface area contributed by atoms with Crippen LogP contribution in [0.1, 0.15) is 63.9 Å². The zero-order chi connectivity index (χ0) is 27.9. The highest BCUT2D eigenvalue weighted by Crippen LogP contribution is 2.26. The molecule has 5 heterocycles. The molecule has 1 aliphatic heterocycles. The molecule has 0 saturated carbocycles. The molecule has 4 aromatic heterocycles. The van der Waals surface area contributed by atoms with Crippen LogP contribution in [0.3, 0.4) is 0 Å². The van der Waals surface area contributed by atoms with Crippen molar-refractivity contribution in [3.8, 4) is 0 Å². The number of β-amino-alcohol motifs (C(OH)–C–C–N with tert-alkyl or cyclic N) is 1. The monoisotopic (exact) mass is 554 g/mol. The Morgan fingerprint density at radius 1 is 1.28 bits per heavy atom. The van der Waals surface area contributed by atoms with Gasteiger partial charge in [0, 0.05) is 47.9 Å². The van der Waals surface area contributed by atoms with Crippen molar-refractivity contribution in [1.29, 1.82) is 0 Å². The first-order valence-corrected chi connectivity index (χ1v) is 14.3. The summed E-state index contributed by atoms with van der Waals surface area (Å²) < 4.78 is 9.40. The van der Waals surface area contributed by atoms with Crippen LogP contribution in [0.2, 0.25) is 0 Å². The minimum Gasteiger partial charge on any atom is -0.444 e. The Bertz CT molecular complexity index is 1470. The molecule has 5 rings (SSSR count). The molecular weight excluding hydrogens is 516 g/mol. The summed E-state index contributed by atoms with van der Waals surface area (Å²) in [5, 5.41) is 24.4. The molecule has 210 valence electrons. The van der Waals surface area contributed by atoms with E-state index in [1.54, 1.807) is 16.2 Å². The summed E-state index contributed by atoms with van der Waals surface area (Å²) in [6.07, 6.45) is 3.56. The Hall–Kier alpha value is -3.38. The average Bonchev–Trinajstić information content (AvgIpc) is 3.56. The van der Waals surface area contributed by atoms with Gasteiger partial charge in [-0.1, -0.05) is 13.8 Å². The number of aliphatic hydroxyl groups is 1. The van der Waals surface area contributed by atoms with E-state index in [0.717, 1.165) is 27.7 Å². The third-order valence-electron chi connectivity index (χ3n) is 6.93. The van der Waals surface area contributed by atoms with E-state index in [9.17, 15) is 9.90 Å². The van der Waals surface area contributed by atoms with Gasteiger partial charge in [0.2, 0.25) is 0 Å². The van der Waals surface area contributed by atoms with Gasteiger partial charge >= 0.3 is 6.09 Å². The number of hydrogen-bond donors (Lipinski definition) is 3. The Morgan fingerprint density at radius 2 is 2.08 bits per heavy atom. The number of anilines is 2. The number of imidazole rings is 1. The van der Waals surface area contributed by atoms with Crippen molar-refractivity contribution in [2.75, 3.05) is 30.3 Å². The quantitative estimate of drug-likeness (QED) is 0.305. The summed E-state index contributed by atoms with van der Waals surface area (Å²) in [7, 11) is 0. The Kier molecular flexibility index (Phi) is 7.43. The average molecular weight is 555 g/mol. The number of thiazole rings is 1. The maximum absolute atomic E-state index is 12.4. The second-order valence-corrected chi connectivity index (χ2v) is 12.4. The van der Waals surface area contributed by atoms with Gasteiger partial charge in [0.05, 0.1) is 31.1 Å². The van der Waals surface area contributed by atoms with Gasteiger partial charge in [-0.05, 0) is 40.0 Å². The number of aliphatic hydroxyl groups excluding tert-OH is 1. The van der Waals surface area contributed by atoms with Crippen LogP contribution in [-0.2, 0) is 11.3 Å². The van der Waals surface area contributed by atoms with E-state index in [1.807, 2.05) is 37.5 Å². The number of carbonyl (C=O) groups excluding carboxylic acids is 1. The fourth-order valence-electron chi connectivity index (χ4n) is 4.76. The van der Waals surface area contributed by atoms with Crippen molar-refractivity contribution in [1.82, 2.24) is 28.9 Å². The zero-order valence-corrected chi connectivity index (χ0v) is 24.2. The lowest BCUT2D eigenvalue weighted by Crippen LogP contribution is -2.49. The summed E-state index contributed by atoms with van der Waals surface area (Å²) in [5.74, 6) is 1.76. The lowest BCUT2D eigenvalue weighted by atomic mass is 9.94. The number of nitrogens with zero attached hydrogens (tertiary/aromatic N) is 6. The molecule has 2 atom stereocenters. The predicted octanol–water partition coefficient (Wildman–Crippen LogP) is 4.51. The number of nitrogens with one attached hydrogen (secondary N) is 2. The number of likely N-dealkylation sites (tertiary alicyclic amines) is 1. The van der Waals surface area contributed by atoms with Crippen molar-refractivity contribution in [2.45, 2.75) is 72.1 Å². The van der Waals surface area contributed by atoms with Gasteiger partial charge in [-0.25, -0.2) is 14.8 Å². The van der Waals surface area contributed by atoms with Crippen molar-refractivity contribution in [3.05, 3.63) is 40.8 Å². The first-order valence-electron chi connectivity index (χ1n) is 13.4. The Balaban J connectivity index is 1.29. The Morgan fingerprint density at radius 3 is 2.77 bits per heavy atom. The maximum Gasteiger partial charge on any atom is 0.410 e. The topological polar surface area (TPSA) is 121 Å². The van der Waals surface area contributed by atoms with Crippen LogP contribution < -0.4 is 10.6 Å². The van der Waals surface area contributed by atoms with Crippen LogP contribution in [0, 0.1) is 12.8 Å². The van der Waals surface area contributed by atoms with E-state index in [2.05, 4.69) is 52.5 Å². The summed E-state index contributed by atoms with van der Waals surface area (Å²) in [6, 6.07) is 1.94. The van der Waals surface area contributed by atoms with Gasteiger partial charge in [0.15, 0.2) is 10.6 Å². The van der Waals surface area contributed by atoms with E-state index < -0.39 is 11.7 Å². The van der Waals surface area contributed by atoms with Crippen LogP contribution in [-0.4, -0.2) is 71.4 Å². The lowest BCUT2D eigenvalue weighted by molar-refractivity contribution is -0.0104. The summed E-state index contributed by atoms with van der Waals surface area (Å²) >= 11 is 1.63. The molecule has 0 bridgehead atoms. The fourth-order valence-corrected chi connectivity index (χ4v) is 5.63. The standard InChI is InChI=1S/C27H38N8O3S/c1-16(2)20-12-30-35-23(29-11-19-13-34-17(3)15-39-25(34)31-19)9-22(32-24(20)35)28-10-18-7-8-33(14-21(18)36)26(37)38-27(4,5)6/h9,12-13,15-16,18,21,29,36H,7-8,10-11,14H2,1-6H3,(H,28,32)/t18-,21+/m1/s1. The van der Waals surface area contributed by atoms with Crippen LogP contribution in [0.4, 0.5) is 16.4 Å². The highest BCUT2D eigenvalue weighted by atomic mass is 32.1.